The molecule has 1 unspecified atom stereocenters. The summed E-state index contributed by atoms with van der Waals surface area (Å²) in [6, 6.07) is 0. The molecule has 0 nitrogen and oxygen atoms in total. The zero-order valence-corrected chi connectivity index (χ0v) is 9.76. The van der Waals surface area contributed by atoms with Crippen molar-refractivity contribution in [2.75, 3.05) is 0 Å². The summed E-state index contributed by atoms with van der Waals surface area (Å²) in [5, 5.41) is 0. The molecule has 0 aromatic carbocycles. The number of allylic oxidation sites excluding steroid dienone is 3. The van der Waals surface area contributed by atoms with Crippen molar-refractivity contribution in [2.45, 2.75) is 52.4 Å². The van der Waals surface area contributed by atoms with Crippen molar-refractivity contribution in [2.24, 2.45) is 5.92 Å². The van der Waals surface area contributed by atoms with Crippen molar-refractivity contribution in [1.82, 2.24) is 0 Å². The van der Waals surface area contributed by atoms with Gasteiger partial charge in [0, 0.05) is 0 Å². The molecule has 14 heavy (non-hydrogen) atoms. The highest BCUT2D eigenvalue weighted by molar-refractivity contribution is 5.00. The van der Waals surface area contributed by atoms with E-state index in [1.54, 1.807) is 0 Å². The Labute approximate surface area is 89.4 Å². The largest absolute Gasteiger partial charge is 0.129 e. The Balaban J connectivity index is 3.35. The smallest absolute Gasteiger partial charge is 0.0209 e. The first-order valence-corrected chi connectivity index (χ1v) is 5.82. The van der Waals surface area contributed by atoms with Gasteiger partial charge in [-0.3, -0.25) is 0 Å². The highest BCUT2D eigenvalue weighted by atomic mass is 14.0. The van der Waals surface area contributed by atoms with Crippen LogP contribution in [0.15, 0.2) is 30.5 Å². The molecule has 0 aliphatic carbocycles. The summed E-state index contributed by atoms with van der Waals surface area (Å²) in [7, 11) is 0. The molecule has 0 aromatic rings. The van der Waals surface area contributed by atoms with Crippen LogP contribution in [-0.4, -0.2) is 0 Å². The van der Waals surface area contributed by atoms with E-state index in [-0.39, 0.29) is 0 Å². The van der Waals surface area contributed by atoms with Crippen molar-refractivity contribution in [1.29, 1.82) is 0 Å². The fourth-order valence-corrected chi connectivity index (χ4v) is 1.48. The summed E-state index contributed by atoms with van der Waals surface area (Å²) in [4.78, 5) is 0. The first-order chi connectivity index (χ1) is 6.81. The summed E-state index contributed by atoms with van der Waals surface area (Å²) < 4.78 is 0. The molecule has 0 saturated heterocycles. The van der Waals surface area contributed by atoms with E-state index in [2.05, 4.69) is 32.2 Å². The normalized spacial score (nSPS) is 12.7. The van der Waals surface area contributed by atoms with Gasteiger partial charge < -0.3 is 0 Å². The van der Waals surface area contributed by atoms with Gasteiger partial charge in [-0.25, -0.2) is 0 Å². The number of hydrogen-bond donors (Lipinski definition) is 0. The van der Waals surface area contributed by atoms with Crippen molar-refractivity contribution >= 4 is 0 Å². The average molecular weight is 192 g/mol. The van der Waals surface area contributed by atoms with Crippen LogP contribution in [-0.2, 0) is 0 Å². The number of rotatable bonds is 8. The van der Waals surface area contributed by atoms with Crippen LogP contribution in [0.2, 0.25) is 0 Å². The van der Waals surface area contributed by atoms with Gasteiger partial charge in [0.15, 0.2) is 0 Å². The van der Waals surface area contributed by atoms with E-state index < -0.39 is 0 Å². The standard InChI is InChI=1S/C14H24/c1-4-6-8-10-12-14(3)13-11-9-7-5-2/h6,8,10,14H,1,5,7,9,11-13H2,2-3H3. The van der Waals surface area contributed by atoms with E-state index in [0.29, 0.717) is 0 Å². The molecule has 0 bridgehead atoms. The third kappa shape index (κ3) is 9.35. The molecular formula is C14H24. The van der Waals surface area contributed by atoms with Gasteiger partial charge >= 0.3 is 0 Å². The number of unbranched alkanes of at least 4 members (excludes halogenated alkanes) is 3. The quantitative estimate of drug-likeness (QED) is 0.292. The first-order valence-electron chi connectivity index (χ1n) is 5.82. The van der Waals surface area contributed by atoms with Gasteiger partial charge in [-0.05, 0) is 18.4 Å². The fraction of sp³-hybridized carbons (Fsp3) is 0.643. The molecule has 0 rings (SSSR count). The highest BCUT2D eigenvalue weighted by Crippen LogP contribution is 2.13. The Kier molecular flexibility index (Phi) is 9.79. The molecular weight excluding hydrogens is 168 g/mol. The second-order valence-electron chi connectivity index (χ2n) is 3.99. The Morgan fingerprint density at radius 1 is 1.29 bits per heavy atom. The van der Waals surface area contributed by atoms with Crippen molar-refractivity contribution in [3.05, 3.63) is 30.5 Å². The van der Waals surface area contributed by atoms with Gasteiger partial charge in [0.05, 0.1) is 0 Å². The number of hydrogen-bond acceptors (Lipinski definition) is 0. The van der Waals surface area contributed by atoms with Crippen LogP contribution in [0.4, 0.5) is 0 Å². The summed E-state index contributed by atoms with van der Waals surface area (Å²) in [5.41, 5.74) is 2.74. The minimum Gasteiger partial charge on any atom is -0.129 e. The summed E-state index contributed by atoms with van der Waals surface area (Å²) in [5.74, 6) is 0.821. The zero-order chi connectivity index (χ0) is 10.6. The van der Waals surface area contributed by atoms with Gasteiger partial charge in [-0.2, -0.15) is 0 Å². The topological polar surface area (TPSA) is 0 Å². The molecule has 0 aromatic heterocycles. The predicted octanol–water partition coefficient (Wildman–Crippen LogP) is 4.88. The molecule has 0 amide bonds. The first kappa shape index (κ1) is 13.3. The molecule has 0 saturated carbocycles. The van der Waals surface area contributed by atoms with Crippen LogP contribution in [0.1, 0.15) is 52.4 Å². The van der Waals surface area contributed by atoms with Crippen LogP contribution >= 0.6 is 0 Å². The summed E-state index contributed by atoms with van der Waals surface area (Å²) in [6.07, 6.45) is 14.2. The monoisotopic (exact) mass is 192 g/mol. The van der Waals surface area contributed by atoms with Crippen molar-refractivity contribution in [3.8, 4) is 0 Å². The van der Waals surface area contributed by atoms with Crippen LogP contribution in [0, 0.1) is 5.92 Å². The lowest BCUT2D eigenvalue weighted by Gasteiger charge is -2.07. The molecule has 80 valence electrons. The van der Waals surface area contributed by atoms with Gasteiger partial charge in [0.2, 0.25) is 0 Å². The van der Waals surface area contributed by atoms with E-state index in [0.717, 1.165) is 5.92 Å². The zero-order valence-electron chi connectivity index (χ0n) is 9.76. The van der Waals surface area contributed by atoms with E-state index in [9.17, 15) is 0 Å². The van der Waals surface area contributed by atoms with E-state index in [4.69, 9.17) is 0 Å². The third-order valence-corrected chi connectivity index (χ3v) is 2.44. The molecule has 0 radical (unpaired) electrons. The van der Waals surface area contributed by atoms with Crippen LogP contribution in [0.25, 0.3) is 0 Å². The van der Waals surface area contributed by atoms with Gasteiger partial charge in [-0.1, -0.05) is 64.7 Å². The molecule has 1 atom stereocenters. The van der Waals surface area contributed by atoms with Crippen molar-refractivity contribution in [3.63, 3.8) is 0 Å². The fourth-order valence-electron chi connectivity index (χ4n) is 1.48. The maximum absolute atomic E-state index is 3.52. The van der Waals surface area contributed by atoms with Crippen LogP contribution < -0.4 is 0 Å². The molecule has 0 aliphatic heterocycles. The molecule has 0 heteroatoms. The second kappa shape index (κ2) is 10.3. The van der Waals surface area contributed by atoms with Crippen molar-refractivity contribution < 1.29 is 0 Å². The lowest BCUT2D eigenvalue weighted by atomic mass is 9.99. The lowest BCUT2D eigenvalue weighted by Crippen LogP contribution is -1.92. The average Bonchev–Trinajstić information content (AvgIpc) is 2.19. The Hall–Kier alpha value is -0.740. The maximum Gasteiger partial charge on any atom is -0.0209 e. The van der Waals surface area contributed by atoms with Crippen LogP contribution in [0.3, 0.4) is 0 Å². The summed E-state index contributed by atoms with van der Waals surface area (Å²) >= 11 is 0. The highest BCUT2D eigenvalue weighted by Gasteiger charge is 1.98. The molecule has 0 heterocycles. The predicted molar refractivity (Wildman–Crippen MR) is 65.4 cm³/mol. The molecule has 0 spiro atoms. The lowest BCUT2D eigenvalue weighted by molar-refractivity contribution is 0.494. The third-order valence-electron chi connectivity index (χ3n) is 2.44. The Morgan fingerprint density at radius 3 is 2.71 bits per heavy atom. The van der Waals surface area contributed by atoms with Gasteiger partial charge in [0.25, 0.3) is 0 Å². The maximum atomic E-state index is 3.52. The Morgan fingerprint density at radius 2 is 2.07 bits per heavy atom. The van der Waals surface area contributed by atoms with E-state index in [1.165, 1.54) is 38.5 Å². The summed E-state index contributed by atoms with van der Waals surface area (Å²) in [6.45, 7) is 8.10. The SMILES string of the molecule is C=C=CC=CCC(C)CCCCCC. The molecule has 0 N–H and O–H groups in total. The second-order valence-corrected chi connectivity index (χ2v) is 3.99. The van der Waals surface area contributed by atoms with E-state index in [1.807, 2.05) is 12.2 Å². The van der Waals surface area contributed by atoms with Gasteiger partial charge in [0.1, 0.15) is 0 Å². The van der Waals surface area contributed by atoms with Crippen LogP contribution in [0.5, 0.6) is 0 Å². The minimum atomic E-state index is 0.821. The minimum absolute atomic E-state index is 0.821. The molecule has 0 aliphatic rings. The van der Waals surface area contributed by atoms with Gasteiger partial charge in [-0.15, -0.1) is 5.73 Å². The molecule has 0 fully saturated rings. The Bertz CT molecular complexity index is 182. The van der Waals surface area contributed by atoms with E-state index >= 15 is 0 Å².